The van der Waals surface area contributed by atoms with Gasteiger partial charge in [-0.15, -0.1) is 0 Å². The molecule has 6 nitrogen and oxygen atoms in total. The Hall–Kier alpha value is -1.30. The molecule has 0 radical (unpaired) electrons. The number of aliphatic carboxylic acids is 1. The number of carboxylic acids is 1. The van der Waals surface area contributed by atoms with Gasteiger partial charge in [-0.25, -0.2) is 4.79 Å². The van der Waals surface area contributed by atoms with Crippen molar-refractivity contribution in [3.63, 3.8) is 0 Å². The maximum atomic E-state index is 12.0. The first-order valence-corrected chi connectivity index (χ1v) is 6.53. The van der Waals surface area contributed by atoms with Gasteiger partial charge in [0.25, 0.3) is 0 Å². The molecule has 18 heavy (non-hydrogen) atoms. The van der Waals surface area contributed by atoms with E-state index < -0.39 is 11.9 Å². The van der Waals surface area contributed by atoms with E-state index in [1.165, 1.54) is 0 Å². The Morgan fingerprint density at radius 3 is 2.61 bits per heavy atom. The van der Waals surface area contributed by atoms with Crippen LogP contribution in [0.2, 0.25) is 0 Å². The quantitative estimate of drug-likeness (QED) is 0.739. The number of likely N-dealkylation sites (tertiary alicyclic amines) is 2. The van der Waals surface area contributed by atoms with Crippen LogP contribution in [0.25, 0.3) is 0 Å². The van der Waals surface area contributed by atoms with E-state index in [-0.39, 0.29) is 12.1 Å². The summed E-state index contributed by atoms with van der Waals surface area (Å²) in [6.07, 6.45) is 2.42. The fraction of sp³-hybridized carbons (Fsp3) is 0.833. The minimum atomic E-state index is -0.798. The Bertz CT molecular complexity index is 335. The normalized spacial score (nSPS) is 29.3. The molecule has 102 valence electrons. The topological polar surface area (TPSA) is 72.9 Å². The third kappa shape index (κ3) is 3.13. The number of carboxylic acid groups (broad SMARTS) is 1. The first-order chi connectivity index (χ1) is 8.56. The molecule has 0 saturated carbocycles. The largest absolute Gasteiger partial charge is 0.481 e. The highest BCUT2D eigenvalue weighted by Gasteiger charge is 2.30. The van der Waals surface area contributed by atoms with Gasteiger partial charge in [0.05, 0.1) is 5.92 Å². The van der Waals surface area contributed by atoms with Crippen molar-refractivity contribution in [1.82, 2.24) is 15.1 Å². The summed E-state index contributed by atoms with van der Waals surface area (Å²) < 4.78 is 0. The summed E-state index contributed by atoms with van der Waals surface area (Å²) in [6, 6.07) is 0.0916. The average molecular weight is 255 g/mol. The molecule has 2 rings (SSSR count). The van der Waals surface area contributed by atoms with Gasteiger partial charge in [0.2, 0.25) is 0 Å². The van der Waals surface area contributed by atoms with E-state index in [2.05, 4.69) is 10.2 Å². The lowest BCUT2D eigenvalue weighted by atomic mass is 9.99. The fourth-order valence-electron chi connectivity index (χ4n) is 2.68. The van der Waals surface area contributed by atoms with Gasteiger partial charge in [-0.05, 0) is 32.9 Å². The van der Waals surface area contributed by atoms with Crippen molar-refractivity contribution < 1.29 is 14.7 Å². The predicted molar refractivity (Wildman–Crippen MR) is 66.4 cm³/mol. The molecule has 2 aliphatic rings. The van der Waals surface area contributed by atoms with Crippen molar-refractivity contribution in [3.05, 3.63) is 0 Å². The van der Waals surface area contributed by atoms with Crippen LogP contribution in [-0.4, -0.2) is 66.2 Å². The van der Waals surface area contributed by atoms with Gasteiger partial charge in [0, 0.05) is 25.7 Å². The molecule has 2 heterocycles. The second kappa shape index (κ2) is 5.56. The van der Waals surface area contributed by atoms with Crippen LogP contribution in [0.4, 0.5) is 4.79 Å². The van der Waals surface area contributed by atoms with E-state index in [1.807, 2.05) is 7.05 Å². The summed E-state index contributed by atoms with van der Waals surface area (Å²) in [7, 11) is 2.04. The molecular formula is C12H21N3O3. The minimum absolute atomic E-state index is 0.110. The van der Waals surface area contributed by atoms with E-state index in [4.69, 9.17) is 5.11 Å². The van der Waals surface area contributed by atoms with Gasteiger partial charge < -0.3 is 20.2 Å². The van der Waals surface area contributed by atoms with Crippen molar-refractivity contribution in [1.29, 1.82) is 0 Å². The first kappa shape index (κ1) is 13.1. The Balaban J connectivity index is 1.83. The molecule has 0 spiro atoms. The molecule has 2 atom stereocenters. The van der Waals surface area contributed by atoms with Crippen molar-refractivity contribution in [2.24, 2.45) is 5.92 Å². The number of rotatable bonds is 2. The molecule has 2 aliphatic heterocycles. The van der Waals surface area contributed by atoms with E-state index in [0.717, 1.165) is 25.9 Å². The third-order valence-corrected chi connectivity index (χ3v) is 3.78. The highest BCUT2D eigenvalue weighted by molar-refractivity contribution is 5.76. The summed E-state index contributed by atoms with van der Waals surface area (Å²) in [5.74, 6) is -1.20. The second-order valence-electron chi connectivity index (χ2n) is 5.32. The molecule has 0 aromatic heterocycles. The smallest absolute Gasteiger partial charge is 0.317 e. The number of hydrogen-bond acceptors (Lipinski definition) is 3. The van der Waals surface area contributed by atoms with E-state index in [1.54, 1.807) is 4.90 Å². The summed E-state index contributed by atoms with van der Waals surface area (Å²) in [5.41, 5.74) is 0. The summed E-state index contributed by atoms with van der Waals surface area (Å²) >= 11 is 0. The van der Waals surface area contributed by atoms with Crippen LogP contribution < -0.4 is 5.32 Å². The second-order valence-corrected chi connectivity index (χ2v) is 5.32. The Morgan fingerprint density at radius 2 is 2.00 bits per heavy atom. The van der Waals surface area contributed by atoms with Crippen LogP contribution in [0.5, 0.6) is 0 Å². The molecule has 1 unspecified atom stereocenters. The molecule has 0 bridgehead atoms. The monoisotopic (exact) mass is 255 g/mol. The summed E-state index contributed by atoms with van der Waals surface area (Å²) in [4.78, 5) is 26.8. The number of piperidine rings is 1. The molecule has 0 aliphatic carbocycles. The number of urea groups is 1. The van der Waals surface area contributed by atoms with Gasteiger partial charge in [0.15, 0.2) is 0 Å². The van der Waals surface area contributed by atoms with E-state index in [9.17, 15) is 9.59 Å². The molecular weight excluding hydrogens is 234 g/mol. The number of carbonyl (C=O) groups excluding carboxylic acids is 1. The first-order valence-electron chi connectivity index (χ1n) is 6.53. The van der Waals surface area contributed by atoms with Crippen LogP contribution in [0, 0.1) is 5.92 Å². The number of nitrogens with one attached hydrogen (secondary N) is 1. The van der Waals surface area contributed by atoms with Crippen LogP contribution in [0.3, 0.4) is 0 Å². The van der Waals surface area contributed by atoms with Crippen LogP contribution in [0.1, 0.15) is 19.3 Å². The minimum Gasteiger partial charge on any atom is -0.481 e. The summed E-state index contributed by atoms with van der Waals surface area (Å²) in [5, 5.41) is 12.0. The zero-order chi connectivity index (χ0) is 13.1. The molecule has 2 N–H and O–H groups in total. The number of hydrogen-bond donors (Lipinski definition) is 2. The van der Waals surface area contributed by atoms with Gasteiger partial charge >= 0.3 is 12.0 Å². The van der Waals surface area contributed by atoms with Gasteiger partial charge in [-0.2, -0.15) is 0 Å². The Labute approximate surface area is 107 Å². The number of amides is 2. The van der Waals surface area contributed by atoms with Gasteiger partial charge in [0.1, 0.15) is 0 Å². The van der Waals surface area contributed by atoms with Crippen LogP contribution in [0.15, 0.2) is 0 Å². The Morgan fingerprint density at radius 1 is 1.22 bits per heavy atom. The SMILES string of the molecule is CN1CCC(NC(=O)N2CCC[C@H](C(=O)O)C2)C1. The average Bonchev–Trinajstić information content (AvgIpc) is 2.75. The molecule has 2 saturated heterocycles. The molecule has 6 heteroatoms. The van der Waals surface area contributed by atoms with Gasteiger partial charge in [-0.3, -0.25) is 4.79 Å². The number of likely N-dealkylation sites (N-methyl/N-ethyl adjacent to an activating group) is 1. The van der Waals surface area contributed by atoms with Crippen molar-refractivity contribution in [2.45, 2.75) is 25.3 Å². The van der Waals surface area contributed by atoms with Crippen LogP contribution in [-0.2, 0) is 4.79 Å². The lowest BCUT2D eigenvalue weighted by Crippen LogP contribution is -2.50. The van der Waals surface area contributed by atoms with Gasteiger partial charge in [-0.1, -0.05) is 0 Å². The zero-order valence-electron chi connectivity index (χ0n) is 10.8. The maximum absolute atomic E-state index is 12.0. The third-order valence-electron chi connectivity index (χ3n) is 3.78. The van der Waals surface area contributed by atoms with E-state index >= 15 is 0 Å². The van der Waals surface area contributed by atoms with Crippen molar-refractivity contribution >= 4 is 12.0 Å². The lowest BCUT2D eigenvalue weighted by molar-refractivity contribution is -0.143. The maximum Gasteiger partial charge on any atom is 0.317 e. The molecule has 0 aromatic carbocycles. The molecule has 2 fully saturated rings. The molecule has 2 amide bonds. The summed E-state index contributed by atoms with van der Waals surface area (Å²) in [6.45, 7) is 2.88. The Kier molecular flexibility index (Phi) is 4.06. The number of carbonyl (C=O) groups is 2. The highest BCUT2D eigenvalue weighted by Crippen LogP contribution is 2.17. The lowest BCUT2D eigenvalue weighted by Gasteiger charge is -2.31. The van der Waals surface area contributed by atoms with Crippen LogP contribution >= 0.6 is 0 Å². The standard InChI is InChI=1S/C12H21N3O3/c1-14-6-4-10(8-14)13-12(18)15-5-2-3-9(7-15)11(16)17/h9-10H,2-8H2,1H3,(H,13,18)(H,16,17)/t9-,10?/m0/s1. The van der Waals surface area contributed by atoms with E-state index in [0.29, 0.717) is 19.5 Å². The number of nitrogens with zero attached hydrogens (tertiary/aromatic N) is 2. The van der Waals surface area contributed by atoms with Crippen molar-refractivity contribution in [3.8, 4) is 0 Å². The fourth-order valence-corrected chi connectivity index (χ4v) is 2.68. The van der Waals surface area contributed by atoms with Crippen molar-refractivity contribution in [2.75, 3.05) is 33.2 Å². The highest BCUT2D eigenvalue weighted by atomic mass is 16.4. The molecule has 0 aromatic rings. The predicted octanol–water partition coefficient (Wildman–Crippen LogP) is 0.197. The zero-order valence-corrected chi connectivity index (χ0v) is 10.8.